The van der Waals surface area contributed by atoms with Gasteiger partial charge < -0.3 is 29.8 Å². The molecule has 1 amide bonds. The molecule has 8 nitrogen and oxygen atoms in total. The zero-order valence-electron chi connectivity index (χ0n) is 14.2. The van der Waals surface area contributed by atoms with Gasteiger partial charge in [-0.25, -0.2) is 4.79 Å². The minimum atomic E-state index is -0.767. The van der Waals surface area contributed by atoms with E-state index in [2.05, 4.69) is 15.6 Å². The number of nitrogens with zero attached hydrogens (tertiary/aromatic N) is 2. The van der Waals surface area contributed by atoms with Gasteiger partial charge in [0.1, 0.15) is 11.9 Å². The predicted octanol–water partition coefficient (Wildman–Crippen LogP) is 1.10. The van der Waals surface area contributed by atoms with E-state index < -0.39 is 6.10 Å². The molecule has 24 heavy (non-hydrogen) atoms. The van der Waals surface area contributed by atoms with Gasteiger partial charge >= 0.3 is 6.09 Å². The van der Waals surface area contributed by atoms with E-state index in [9.17, 15) is 9.90 Å². The highest BCUT2D eigenvalue weighted by molar-refractivity contribution is 5.80. The van der Waals surface area contributed by atoms with E-state index >= 15 is 0 Å². The second-order valence-corrected chi connectivity index (χ2v) is 5.63. The number of hydrogen-bond donors (Lipinski definition) is 3. The first kappa shape index (κ1) is 18.1. The van der Waals surface area contributed by atoms with Gasteiger partial charge in [0.2, 0.25) is 0 Å². The van der Waals surface area contributed by atoms with Crippen LogP contribution in [0.1, 0.15) is 31.6 Å². The number of ether oxygens (including phenoxy) is 1. The van der Waals surface area contributed by atoms with Gasteiger partial charge in [0.05, 0.1) is 19.9 Å². The molecule has 1 aliphatic rings. The van der Waals surface area contributed by atoms with Gasteiger partial charge in [-0.1, -0.05) is 0 Å². The minimum Gasteiger partial charge on any atom is -0.467 e. The molecule has 0 aromatic carbocycles. The zero-order valence-corrected chi connectivity index (χ0v) is 14.2. The van der Waals surface area contributed by atoms with Gasteiger partial charge in [-0.15, -0.1) is 0 Å². The van der Waals surface area contributed by atoms with Crippen LogP contribution < -0.4 is 10.6 Å². The molecule has 1 aromatic heterocycles. The largest absolute Gasteiger partial charge is 0.467 e. The van der Waals surface area contributed by atoms with Crippen LogP contribution in [0.3, 0.4) is 0 Å². The lowest BCUT2D eigenvalue weighted by Crippen LogP contribution is -2.49. The van der Waals surface area contributed by atoms with Crippen molar-refractivity contribution in [1.29, 1.82) is 0 Å². The van der Waals surface area contributed by atoms with Crippen LogP contribution in [0.25, 0.3) is 0 Å². The summed E-state index contributed by atoms with van der Waals surface area (Å²) in [5, 5.41) is 16.6. The number of carbonyl (C=O) groups excluding carboxylic acids is 1. The maximum Gasteiger partial charge on any atom is 0.409 e. The number of methoxy groups -OCH3 is 1. The topological polar surface area (TPSA) is 99.3 Å². The number of aliphatic hydroxyl groups is 1. The maximum absolute atomic E-state index is 11.5. The van der Waals surface area contributed by atoms with Crippen molar-refractivity contribution in [3.8, 4) is 0 Å². The van der Waals surface area contributed by atoms with Crippen molar-refractivity contribution in [1.82, 2.24) is 15.5 Å². The van der Waals surface area contributed by atoms with Crippen LogP contribution >= 0.6 is 0 Å². The number of furan rings is 1. The van der Waals surface area contributed by atoms with Crippen LogP contribution in [0.2, 0.25) is 0 Å². The van der Waals surface area contributed by atoms with E-state index in [1.54, 1.807) is 17.0 Å². The van der Waals surface area contributed by atoms with Crippen molar-refractivity contribution < 1.29 is 19.1 Å². The molecule has 134 valence electrons. The average Bonchev–Trinajstić information content (AvgIpc) is 3.14. The lowest BCUT2D eigenvalue weighted by molar-refractivity contribution is 0.111. The second kappa shape index (κ2) is 9.17. The Kier molecular flexibility index (Phi) is 6.92. The summed E-state index contributed by atoms with van der Waals surface area (Å²) in [6.07, 6.45) is 2.12. The Balaban J connectivity index is 1.85. The van der Waals surface area contributed by atoms with Crippen LogP contribution in [0.5, 0.6) is 0 Å². The standard InChI is InChI=1S/C16H26N4O4/c1-3-17-15(18-11-13(21)14-5-4-10-24-14)19-12-6-8-20(9-7-12)16(22)23-2/h4-5,10,12-13,21H,3,6-9,11H2,1-2H3,(H2,17,18,19). The fraction of sp³-hybridized carbons (Fsp3) is 0.625. The van der Waals surface area contributed by atoms with Crippen molar-refractivity contribution in [2.75, 3.05) is 33.3 Å². The first-order valence-electron chi connectivity index (χ1n) is 8.23. The number of guanidine groups is 1. The van der Waals surface area contributed by atoms with Gasteiger partial charge in [-0.2, -0.15) is 0 Å². The normalized spacial score (nSPS) is 17.5. The molecule has 0 saturated carbocycles. The first-order valence-corrected chi connectivity index (χ1v) is 8.23. The minimum absolute atomic E-state index is 0.212. The van der Waals surface area contributed by atoms with Crippen molar-refractivity contribution in [2.24, 2.45) is 4.99 Å². The number of carbonyl (C=O) groups is 1. The third-order valence-corrected chi connectivity index (χ3v) is 3.91. The summed E-state index contributed by atoms with van der Waals surface area (Å²) >= 11 is 0. The predicted molar refractivity (Wildman–Crippen MR) is 89.8 cm³/mol. The number of rotatable bonds is 5. The summed E-state index contributed by atoms with van der Waals surface area (Å²) in [4.78, 5) is 17.6. The molecule has 1 aromatic rings. The highest BCUT2D eigenvalue weighted by atomic mass is 16.5. The number of aliphatic imine (C=N–C) groups is 1. The summed E-state index contributed by atoms with van der Waals surface area (Å²) < 4.78 is 9.91. The highest BCUT2D eigenvalue weighted by Crippen LogP contribution is 2.14. The van der Waals surface area contributed by atoms with Crippen LogP contribution in [-0.2, 0) is 4.74 Å². The number of nitrogens with one attached hydrogen (secondary N) is 2. The van der Waals surface area contributed by atoms with E-state index in [0.29, 0.717) is 24.8 Å². The summed E-state index contributed by atoms with van der Waals surface area (Å²) in [5.74, 6) is 1.15. The van der Waals surface area contributed by atoms with Gasteiger partial charge in [0.15, 0.2) is 5.96 Å². The molecule has 1 aliphatic heterocycles. The van der Waals surface area contributed by atoms with Crippen molar-refractivity contribution in [3.05, 3.63) is 24.2 Å². The molecule has 0 spiro atoms. The monoisotopic (exact) mass is 338 g/mol. The molecule has 0 aliphatic carbocycles. The fourth-order valence-corrected chi connectivity index (χ4v) is 2.60. The molecule has 2 heterocycles. The number of amides is 1. The fourth-order valence-electron chi connectivity index (χ4n) is 2.60. The van der Waals surface area contributed by atoms with Crippen molar-refractivity contribution >= 4 is 12.1 Å². The van der Waals surface area contributed by atoms with Crippen LogP contribution in [0, 0.1) is 0 Å². The van der Waals surface area contributed by atoms with Gasteiger partial charge in [-0.05, 0) is 31.9 Å². The maximum atomic E-state index is 11.5. The molecular formula is C16H26N4O4. The molecule has 1 unspecified atom stereocenters. The van der Waals surface area contributed by atoms with Crippen LogP contribution in [-0.4, -0.2) is 61.4 Å². The van der Waals surface area contributed by atoms with E-state index in [1.807, 2.05) is 6.92 Å². The molecule has 1 fully saturated rings. The van der Waals surface area contributed by atoms with Gasteiger partial charge in [-0.3, -0.25) is 4.99 Å². The zero-order chi connectivity index (χ0) is 17.4. The quantitative estimate of drug-likeness (QED) is 0.549. The Bertz CT molecular complexity index is 524. The van der Waals surface area contributed by atoms with E-state index in [4.69, 9.17) is 9.15 Å². The Morgan fingerprint density at radius 1 is 1.54 bits per heavy atom. The van der Waals surface area contributed by atoms with Gasteiger partial charge in [0.25, 0.3) is 0 Å². The lowest BCUT2D eigenvalue weighted by Gasteiger charge is -2.32. The SMILES string of the molecule is CCNC(=NCC(O)c1ccco1)NC1CCN(C(=O)OC)CC1. The Morgan fingerprint density at radius 2 is 2.29 bits per heavy atom. The number of likely N-dealkylation sites (tertiary alicyclic amines) is 1. The molecule has 0 bridgehead atoms. The van der Waals surface area contributed by atoms with Gasteiger partial charge in [0, 0.05) is 25.7 Å². The molecule has 1 atom stereocenters. The highest BCUT2D eigenvalue weighted by Gasteiger charge is 2.23. The van der Waals surface area contributed by atoms with E-state index in [1.165, 1.54) is 13.4 Å². The molecular weight excluding hydrogens is 312 g/mol. The first-order chi connectivity index (χ1) is 11.6. The van der Waals surface area contributed by atoms with Crippen molar-refractivity contribution in [2.45, 2.75) is 31.9 Å². The summed E-state index contributed by atoms with van der Waals surface area (Å²) in [6, 6.07) is 3.69. The molecule has 0 radical (unpaired) electrons. The third kappa shape index (κ3) is 5.16. The third-order valence-electron chi connectivity index (χ3n) is 3.91. The number of hydrogen-bond acceptors (Lipinski definition) is 5. The second-order valence-electron chi connectivity index (χ2n) is 5.63. The average molecular weight is 338 g/mol. The summed E-state index contributed by atoms with van der Waals surface area (Å²) in [7, 11) is 1.40. The summed E-state index contributed by atoms with van der Waals surface area (Å²) in [5.41, 5.74) is 0. The Hall–Kier alpha value is -2.22. The molecule has 8 heteroatoms. The van der Waals surface area contributed by atoms with E-state index in [-0.39, 0.29) is 18.7 Å². The molecule has 1 saturated heterocycles. The smallest absolute Gasteiger partial charge is 0.409 e. The molecule has 3 N–H and O–H groups in total. The van der Waals surface area contributed by atoms with Crippen LogP contribution in [0.15, 0.2) is 27.8 Å². The van der Waals surface area contributed by atoms with Crippen molar-refractivity contribution in [3.63, 3.8) is 0 Å². The Labute approximate surface area is 141 Å². The Morgan fingerprint density at radius 3 is 2.88 bits per heavy atom. The lowest BCUT2D eigenvalue weighted by atomic mass is 10.1. The van der Waals surface area contributed by atoms with E-state index in [0.717, 1.165) is 19.4 Å². The number of aliphatic hydroxyl groups excluding tert-OH is 1. The summed E-state index contributed by atoms with van der Waals surface area (Å²) in [6.45, 7) is 4.23. The number of piperidine rings is 1. The molecule has 2 rings (SSSR count). The van der Waals surface area contributed by atoms with Crippen LogP contribution in [0.4, 0.5) is 4.79 Å².